The molecule has 2 aliphatic heterocycles. The van der Waals surface area contributed by atoms with Crippen molar-refractivity contribution in [3.63, 3.8) is 0 Å². The molecular formula is C20H21N3O5S. The molecule has 0 radical (unpaired) electrons. The van der Waals surface area contributed by atoms with Crippen LogP contribution in [0.15, 0.2) is 18.2 Å². The highest BCUT2D eigenvalue weighted by molar-refractivity contribution is 7.16. The Bertz CT molecular complexity index is 954. The van der Waals surface area contributed by atoms with E-state index in [1.165, 1.54) is 11.3 Å². The van der Waals surface area contributed by atoms with Gasteiger partial charge in [-0.3, -0.25) is 14.9 Å². The predicted octanol–water partition coefficient (Wildman–Crippen LogP) is 2.45. The molecule has 2 amide bonds. The average Bonchev–Trinajstić information content (AvgIpc) is 3.49. The van der Waals surface area contributed by atoms with Gasteiger partial charge in [-0.05, 0) is 43.9 Å². The highest BCUT2D eigenvalue weighted by Gasteiger charge is 2.33. The number of rotatable bonds is 5. The fourth-order valence-electron chi connectivity index (χ4n) is 3.89. The van der Waals surface area contributed by atoms with Crippen LogP contribution >= 0.6 is 11.3 Å². The van der Waals surface area contributed by atoms with Crippen LogP contribution in [0.3, 0.4) is 0 Å². The van der Waals surface area contributed by atoms with E-state index in [9.17, 15) is 9.59 Å². The van der Waals surface area contributed by atoms with Crippen molar-refractivity contribution in [2.45, 2.75) is 37.7 Å². The fourth-order valence-corrected chi connectivity index (χ4v) is 4.92. The molecule has 0 unspecified atom stereocenters. The maximum absolute atomic E-state index is 12.6. The van der Waals surface area contributed by atoms with Crippen molar-refractivity contribution in [1.29, 1.82) is 0 Å². The largest absolute Gasteiger partial charge is 0.454 e. The van der Waals surface area contributed by atoms with Gasteiger partial charge < -0.3 is 19.5 Å². The zero-order valence-corrected chi connectivity index (χ0v) is 16.5. The molecule has 1 aliphatic carbocycles. The Morgan fingerprint density at radius 3 is 2.97 bits per heavy atom. The minimum absolute atomic E-state index is 0.0156. The summed E-state index contributed by atoms with van der Waals surface area (Å²) >= 11 is 1.43. The molecule has 1 aromatic carbocycles. The first-order chi connectivity index (χ1) is 14.2. The number of carbonyl (C=O) groups excluding carboxylic acids is 2. The molecule has 2 N–H and O–H groups in total. The van der Waals surface area contributed by atoms with Gasteiger partial charge in [0.1, 0.15) is 0 Å². The van der Waals surface area contributed by atoms with Crippen LogP contribution in [0.5, 0.6) is 11.5 Å². The van der Waals surface area contributed by atoms with Gasteiger partial charge in [-0.2, -0.15) is 0 Å². The molecule has 5 rings (SSSR count). The van der Waals surface area contributed by atoms with Crippen LogP contribution in [-0.2, 0) is 16.0 Å². The van der Waals surface area contributed by atoms with Crippen molar-refractivity contribution >= 4 is 28.3 Å². The van der Waals surface area contributed by atoms with Gasteiger partial charge in [0.2, 0.25) is 12.7 Å². The Hall–Kier alpha value is -2.65. The van der Waals surface area contributed by atoms with E-state index in [4.69, 9.17) is 14.2 Å². The standard InChI is InChI=1S/C20H21N3O5S/c24-18(11-3-5-14-15(8-11)28-10-27-14)23-20-22-17-13(4-6-16(17)29-20)19(25)21-9-12-2-1-7-26-12/h3,5,8,12-13H,1-2,4,6-7,9-10H2,(H,21,25)(H,22,23,24)/t12-,13+/m1/s1. The molecule has 2 aromatic rings. The second-order valence-corrected chi connectivity index (χ2v) is 8.40. The van der Waals surface area contributed by atoms with Crippen LogP contribution in [-0.4, -0.2) is 42.8 Å². The Kier molecular flexibility index (Phi) is 4.84. The van der Waals surface area contributed by atoms with Gasteiger partial charge in [0, 0.05) is 23.6 Å². The molecule has 8 nitrogen and oxygen atoms in total. The smallest absolute Gasteiger partial charge is 0.257 e. The molecule has 9 heteroatoms. The SMILES string of the molecule is O=C(Nc1nc2c(s1)CC[C@@H]2C(=O)NC[C@H]1CCCO1)c1ccc2c(c1)OCO2. The van der Waals surface area contributed by atoms with Crippen molar-refractivity contribution < 1.29 is 23.8 Å². The number of amides is 2. The number of thiazole rings is 1. The van der Waals surface area contributed by atoms with E-state index < -0.39 is 0 Å². The van der Waals surface area contributed by atoms with Crippen LogP contribution in [0.4, 0.5) is 5.13 Å². The quantitative estimate of drug-likeness (QED) is 0.778. The molecule has 3 heterocycles. The first-order valence-electron chi connectivity index (χ1n) is 9.77. The van der Waals surface area contributed by atoms with Gasteiger partial charge in [-0.25, -0.2) is 4.98 Å². The minimum atomic E-state index is -0.268. The van der Waals surface area contributed by atoms with Crippen molar-refractivity contribution in [3.05, 3.63) is 34.3 Å². The highest BCUT2D eigenvalue weighted by atomic mass is 32.1. The van der Waals surface area contributed by atoms with Crippen LogP contribution in [0, 0.1) is 0 Å². The van der Waals surface area contributed by atoms with Gasteiger partial charge in [0.05, 0.1) is 17.7 Å². The molecule has 152 valence electrons. The lowest BCUT2D eigenvalue weighted by molar-refractivity contribution is -0.123. The normalized spacial score (nSPS) is 21.8. The second-order valence-electron chi connectivity index (χ2n) is 7.32. The summed E-state index contributed by atoms with van der Waals surface area (Å²) < 4.78 is 16.2. The number of fused-ring (bicyclic) bond motifs is 2. The van der Waals surface area contributed by atoms with E-state index in [0.29, 0.717) is 28.7 Å². The lowest BCUT2D eigenvalue weighted by Crippen LogP contribution is -2.34. The maximum atomic E-state index is 12.6. The van der Waals surface area contributed by atoms with Crippen LogP contribution in [0.2, 0.25) is 0 Å². The first kappa shape index (κ1) is 18.4. The number of carbonyl (C=O) groups is 2. The summed E-state index contributed by atoms with van der Waals surface area (Å²) in [5.74, 6) is 0.640. The van der Waals surface area contributed by atoms with Gasteiger partial charge >= 0.3 is 0 Å². The number of hydrogen-bond donors (Lipinski definition) is 2. The second kappa shape index (κ2) is 7.64. The number of hydrogen-bond acceptors (Lipinski definition) is 7. The van der Waals surface area contributed by atoms with Crippen LogP contribution in [0.25, 0.3) is 0 Å². The number of aromatic nitrogens is 1. The molecule has 1 fully saturated rings. The monoisotopic (exact) mass is 415 g/mol. The van der Waals surface area contributed by atoms with Crippen molar-refractivity contribution in [1.82, 2.24) is 10.3 Å². The topological polar surface area (TPSA) is 98.8 Å². The van der Waals surface area contributed by atoms with Gasteiger partial charge in [-0.15, -0.1) is 11.3 Å². The first-order valence-corrected chi connectivity index (χ1v) is 10.6. The third kappa shape index (κ3) is 3.67. The number of nitrogens with one attached hydrogen (secondary N) is 2. The zero-order valence-electron chi connectivity index (χ0n) is 15.7. The minimum Gasteiger partial charge on any atom is -0.454 e. The third-order valence-electron chi connectivity index (χ3n) is 5.42. The summed E-state index contributed by atoms with van der Waals surface area (Å²) in [5.41, 5.74) is 1.25. The van der Waals surface area contributed by atoms with Gasteiger partial charge in [0.25, 0.3) is 5.91 Å². The highest BCUT2D eigenvalue weighted by Crippen LogP contribution is 2.39. The summed E-state index contributed by atoms with van der Waals surface area (Å²) in [6.07, 6.45) is 3.70. The summed E-state index contributed by atoms with van der Waals surface area (Å²) in [7, 11) is 0. The van der Waals surface area contributed by atoms with Gasteiger partial charge in [0.15, 0.2) is 16.6 Å². The number of anilines is 1. The Morgan fingerprint density at radius 1 is 1.21 bits per heavy atom. The lowest BCUT2D eigenvalue weighted by Gasteiger charge is -2.14. The van der Waals surface area contributed by atoms with E-state index in [-0.39, 0.29) is 30.6 Å². The van der Waals surface area contributed by atoms with E-state index in [0.717, 1.165) is 42.9 Å². The molecule has 0 bridgehead atoms. The number of benzene rings is 1. The van der Waals surface area contributed by atoms with E-state index in [2.05, 4.69) is 15.6 Å². The Morgan fingerprint density at radius 2 is 2.10 bits per heavy atom. The Balaban J connectivity index is 1.23. The maximum Gasteiger partial charge on any atom is 0.257 e. The molecule has 3 aliphatic rings. The number of aryl methyl sites for hydroxylation is 1. The lowest BCUT2D eigenvalue weighted by atomic mass is 10.1. The summed E-state index contributed by atoms with van der Waals surface area (Å²) in [6.45, 7) is 1.48. The zero-order chi connectivity index (χ0) is 19.8. The molecule has 0 saturated carbocycles. The number of ether oxygens (including phenoxy) is 3. The predicted molar refractivity (Wildman–Crippen MR) is 106 cm³/mol. The van der Waals surface area contributed by atoms with Crippen molar-refractivity contribution in [3.8, 4) is 11.5 Å². The molecule has 2 atom stereocenters. The van der Waals surface area contributed by atoms with E-state index in [1.54, 1.807) is 18.2 Å². The van der Waals surface area contributed by atoms with Crippen molar-refractivity contribution in [2.24, 2.45) is 0 Å². The van der Waals surface area contributed by atoms with Crippen LogP contribution < -0.4 is 20.1 Å². The molecule has 29 heavy (non-hydrogen) atoms. The summed E-state index contributed by atoms with van der Waals surface area (Å²) in [6, 6.07) is 5.05. The fraction of sp³-hybridized carbons (Fsp3) is 0.450. The number of nitrogens with zero attached hydrogens (tertiary/aromatic N) is 1. The molecule has 0 spiro atoms. The average molecular weight is 415 g/mol. The molecule has 1 saturated heterocycles. The van der Waals surface area contributed by atoms with E-state index in [1.807, 2.05) is 0 Å². The Labute approximate surface area is 171 Å². The summed E-state index contributed by atoms with van der Waals surface area (Å²) in [5, 5.41) is 6.34. The van der Waals surface area contributed by atoms with Crippen LogP contribution in [0.1, 0.15) is 46.1 Å². The van der Waals surface area contributed by atoms with Crippen molar-refractivity contribution in [2.75, 3.05) is 25.3 Å². The summed E-state index contributed by atoms with van der Waals surface area (Å²) in [4.78, 5) is 30.8. The molecule has 1 aromatic heterocycles. The van der Waals surface area contributed by atoms with E-state index >= 15 is 0 Å². The third-order valence-corrected chi connectivity index (χ3v) is 6.46. The van der Waals surface area contributed by atoms with Gasteiger partial charge in [-0.1, -0.05) is 0 Å². The molecular weight excluding hydrogens is 394 g/mol.